The molecule has 0 bridgehead atoms. The van der Waals surface area contributed by atoms with Crippen molar-refractivity contribution in [1.82, 2.24) is 9.88 Å². The number of carbonyl (C=O) groups is 1. The van der Waals surface area contributed by atoms with Crippen molar-refractivity contribution in [2.45, 2.75) is 0 Å². The Bertz CT molecular complexity index is 1130. The number of hydrogen-bond donors (Lipinski definition) is 0. The minimum Gasteiger partial charge on any atom is -0.448 e. The number of para-hydroxylation sites is 1. The van der Waals surface area contributed by atoms with Crippen LogP contribution in [0.3, 0.4) is 0 Å². The monoisotopic (exact) mass is 407 g/mol. The molecule has 5 nitrogen and oxygen atoms in total. The van der Waals surface area contributed by atoms with Gasteiger partial charge in [-0.3, -0.25) is 4.79 Å². The molecule has 0 saturated carbocycles. The third-order valence-corrected chi connectivity index (χ3v) is 6.13. The molecular formula is C22H18FN3O2S. The third kappa shape index (κ3) is 3.49. The zero-order chi connectivity index (χ0) is 19.8. The SMILES string of the molecule is O=C(c1ccc(-c2nc3ccccc3s2)o1)N1CCN(c2ccc(F)cc2)CC1. The predicted molar refractivity (Wildman–Crippen MR) is 112 cm³/mol. The highest BCUT2D eigenvalue weighted by molar-refractivity contribution is 7.21. The highest BCUT2D eigenvalue weighted by atomic mass is 32.1. The summed E-state index contributed by atoms with van der Waals surface area (Å²) in [6, 6.07) is 17.9. The highest BCUT2D eigenvalue weighted by Crippen LogP contribution is 2.31. The van der Waals surface area contributed by atoms with Crippen LogP contribution in [0.2, 0.25) is 0 Å². The molecule has 1 amide bonds. The molecule has 1 aliphatic heterocycles. The van der Waals surface area contributed by atoms with E-state index in [-0.39, 0.29) is 11.7 Å². The summed E-state index contributed by atoms with van der Waals surface area (Å²) in [5, 5.41) is 0.770. The molecule has 7 heteroatoms. The van der Waals surface area contributed by atoms with E-state index < -0.39 is 0 Å². The van der Waals surface area contributed by atoms with E-state index in [1.54, 1.807) is 40.5 Å². The van der Waals surface area contributed by atoms with Gasteiger partial charge in [0, 0.05) is 31.9 Å². The largest absolute Gasteiger partial charge is 0.448 e. The predicted octanol–water partition coefficient (Wildman–Crippen LogP) is 4.66. The summed E-state index contributed by atoms with van der Waals surface area (Å²) in [7, 11) is 0. The number of anilines is 1. The molecule has 146 valence electrons. The second kappa shape index (κ2) is 7.33. The Labute approximate surface area is 171 Å². The van der Waals surface area contributed by atoms with Crippen LogP contribution < -0.4 is 4.90 Å². The van der Waals surface area contributed by atoms with Crippen LogP contribution in [0.15, 0.2) is 65.1 Å². The van der Waals surface area contributed by atoms with E-state index in [1.807, 2.05) is 24.3 Å². The van der Waals surface area contributed by atoms with Crippen LogP contribution in [0, 0.1) is 5.82 Å². The van der Waals surface area contributed by atoms with Crippen LogP contribution in [-0.2, 0) is 0 Å². The zero-order valence-electron chi connectivity index (χ0n) is 15.5. The number of nitrogens with zero attached hydrogens (tertiary/aromatic N) is 3. The van der Waals surface area contributed by atoms with Crippen molar-refractivity contribution in [3.63, 3.8) is 0 Å². The van der Waals surface area contributed by atoms with Gasteiger partial charge >= 0.3 is 0 Å². The summed E-state index contributed by atoms with van der Waals surface area (Å²) < 4.78 is 20.0. The molecule has 5 rings (SSSR count). The number of hydrogen-bond acceptors (Lipinski definition) is 5. The summed E-state index contributed by atoms with van der Waals surface area (Å²) in [6.07, 6.45) is 0. The van der Waals surface area contributed by atoms with Crippen molar-refractivity contribution >= 4 is 33.1 Å². The van der Waals surface area contributed by atoms with Gasteiger partial charge in [0.15, 0.2) is 16.5 Å². The molecule has 2 aromatic carbocycles. The van der Waals surface area contributed by atoms with Crippen LogP contribution in [0.5, 0.6) is 0 Å². The smallest absolute Gasteiger partial charge is 0.289 e. The van der Waals surface area contributed by atoms with Crippen molar-refractivity contribution in [3.8, 4) is 10.8 Å². The number of rotatable bonds is 3. The van der Waals surface area contributed by atoms with E-state index in [2.05, 4.69) is 9.88 Å². The molecular weight excluding hydrogens is 389 g/mol. The Morgan fingerprint density at radius 2 is 1.72 bits per heavy atom. The van der Waals surface area contributed by atoms with Crippen LogP contribution >= 0.6 is 11.3 Å². The van der Waals surface area contributed by atoms with E-state index >= 15 is 0 Å². The topological polar surface area (TPSA) is 49.6 Å². The Kier molecular flexibility index (Phi) is 4.52. The van der Waals surface area contributed by atoms with Gasteiger partial charge in [-0.15, -0.1) is 11.3 Å². The number of amides is 1. The number of aromatic nitrogens is 1. The first kappa shape index (κ1) is 17.9. The van der Waals surface area contributed by atoms with Crippen LogP contribution in [0.1, 0.15) is 10.6 Å². The fourth-order valence-corrected chi connectivity index (χ4v) is 4.45. The van der Waals surface area contributed by atoms with Gasteiger partial charge < -0.3 is 14.2 Å². The van der Waals surface area contributed by atoms with Crippen LogP contribution in [0.25, 0.3) is 21.0 Å². The van der Waals surface area contributed by atoms with Gasteiger partial charge in [-0.1, -0.05) is 12.1 Å². The molecule has 29 heavy (non-hydrogen) atoms. The van der Waals surface area contributed by atoms with E-state index in [4.69, 9.17) is 4.42 Å². The third-order valence-electron chi connectivity index (χ3n) is 5.08. The van der Waals surface area contributed by atoms with E-state index in [0.717, 1.165) is 20.9 Å². The number of carbonyl (C=O) groups excluding carboxylic acids is 1. The van der Waals surface area contributed by atoms with Crippen molar-refractivity contribution in [3.05, 3.63) is 72.2 Å². The maximum absolute atomic E-state index is 13.1. The number of piperazine rings is 1. The highest BCUT2D eigenvalue weighted by Gasteiger charge is 2.25. The lowest BCUT2D eigenvalue weighted by atomic mass is 10.2. The van der Waals surface area contributed by atoms with Crippen molar-refractivity contribution in [1.29, 1.82) is 0 Å². The fraction of sp³-hybridized carbons (Fsp3) is 0.182. The maximum Gasteiger partial charge on any atom is 0.289 e. The first-order valence-electron chi connectivity index (χ1n) is 9.43. The maximum atomic E-state index is 13.1. The summed E-state index contributed by atoms with van der Waals surface area (Å²) in [4.78, 5) is 21.4. The second-order valence-corrected chi connectivity index (χ2v) is 7.94. The van der Waals surface area contributed by atoms with Crippen LogP contribution in [0.4, 0.5) is 10.1 Å². The van der Waals surface area contributed by atoms with Crippen molar-refractivity contribution in [2.24, 2.45) is 0 Å². The van der Waals surface area contributed by atoms with Gasteiger partial charge in [-0.05, 0) is 48.5 Å². The molecule has 0 unspecified atom stereocenters. The van der Waals surface area contributed by atoms with E-state index in [1.165, 1.54) is 12.1 Å². The molecule has 0 spiro atoms. The molecule has 3 heterocycles. The Morgan fingerprint density at radius 3 is 2.48 bits per heavy atom. The number of thiazole rings is 1. The molecule has 0 N–H and O–H groups in total. The number of benzene rings is 2. The molecule has 4 aromatic rings. The zero-order valence-corrected chi connectivity index (χ0v) is 16.4. The lowest BCUT2D eigenvalue weighted by molar-refractivity contribution is 0.0715. The second-order valence-electron chi connectivity index (χ2n) is 6.91. The van der Waals surface area contributed by atoms with Crippen molar-refractivity contribution < 1.29 is 13.6 Å². The number of furan rings is 1. The van der Waals surface area contributed by atoms with Crippen molar-refractivity contribution in [2.75, 3.05) is 31.1 Å². The average molecular weight is 407 g/mol. The standard InChI is InChI=1S/C22H18FN3O2S/c23-15-5-7-16(8-6-15)25-11-13-26(14-12-25)22(27)19-10-9-18(28-19)21-24-17-3-1-2-4-20(17)29-21/h1-10H,11-14H2. The van der Waals surface area contributed by atoms with E-state index in [0.29, 0.717) is 37.7 Å². The molecule has 1 fully saturated rings. The first-order chi connectivity index (χ1) is 14.2. The van der Waals surface area contributed by atoms with Gasteiger partial charge in [0.05, 0.1) is 10.2 Å². The Balaban J connectivity index is 1.27. The Morgan fingerprint density at radius 1 is 0.966 bits per heavy atom. The normalized spacial score (nSPS) is 14.5. The summed E-state index contributed by atoms with van der Waals surface area (Å²) in [5.41, 5.74) is 1.89. The lowest BCUT2D eigenvalue weighted by Gasteiger charge is -2.35. The first-order valence-corrected chi connectivity index (χ1v) is 10.2. The summed E-state index contributed by atoms with van der Waals surface area (Å²) >= 11 is 1.55. The van der Waals surface area contributed by atoms with E-state index in [9.17, 15) is 9.18 Å². The lowest BCUT2D eigenvalue weighted by Crippen LogP contribution is -2.48. The van der Waals surface area contributed by atoms with Gasteiger partial charge in [0.25, 0.3) is 5.91 Å². The number of fused-ring (bicyclic) bond motifs is 1. The molecule has 0 aliphatic carbocycles. The van der Waals surface area contributed by atoms with Gasteiger partial charge in [-0.2, -0.15) is 0 Å². The fourth-order valence-electron chi connectivity index (χ4n) is 3.52. The Hall–Kier alpha value is -3.19. The molecule has 0 radical (unpaired) electrons. The molecule has 0 atom stereocenters. The van der Waals surface area contributed by atoms with Crippen LogP contribution in [-0.4, -0.2) is 42.0 Å². The quantitative estimate of drug-likeness (QED) is 0.496. The molecule has 2 aromatic heterocycles. The minimum atomic E-state index is -0.246. The summed E-state index contributed by atoms with van der Waals surface area (Å²) in [6.45, 7) is 2.58. The summed E-state index contributed by atoms with van der Waals surface area (Å²) in [5.74, 6) is 0.578. The average Bonchev–Trinajstić information content (AvgIpc) is 3.41. The van der Waals surface area contributed by atoms with Gasteiger partial charge in [-0.25, -0.2) is 9.37 Å². The van der Waals surface area contributed by atoms with Gasteiger partial charge in [0.2, 0.25) is 0 Å². The number of halogens is 1. The molecule has 1 saturated heterocycles. The minimum absolute atomic E-state index is 0.115. The van der Waals surface area contributed by atoms with Gasteiger partial charge in [0.1, 0.15) is 5.82 Å². The molecule has 1 aliphatic rings.